The molecule has 4 aromatic rings. The number of benzene rings is 3. The predicted octanol–water partition coefficient (Wildman–Crippen LogP) is 7.10. The number of aromatic nitrogens is 2. The Morgan fingerprint density at radius 3 is 2.44 bits per heavy atom. The number of hydrogen-bond acceptors (Lipinski definition) is 8. The van der Waals surface area contributed by atoms with Crippen LogP contribution in [0, 0.1) is 11.8 Å². The lowest BCUT2D eigenvalue weighted by molar-refractivity contribution is -0.278. The average Bonchev–Trinajstić information content (AvgIpc) is 3.15. The van der Waals surface area contributed by atoms with Gasteiger partial charge in [0.05, 0.1) is 42.1 Å². The third kappa shape index (κ3) is 8.05. The van der Waals surface area contributed by atoms with Crippen LogP contribution in [0.4, 0.5) is 5.69 Å². The van der Waals surface area contributed by atoms with Crippen molar-refractivity contribution in [2.75, 3.05) is 11.9 Å². The van der Waals surface area contributed by atoms with E-state index in [1.165, 1.54) is 25.5 Å². The zero-order valence-corrected chi connectivity index (χ0v) is 30.6. The summed E-state index contributed by atoms with van der Waals surface area (Å²) in [5.41, 5.74) is 4.46. The van der Waals surface area contributed by atoms with Gasteiger partial charge in [0.25, 0.3) is 5.91 Å². The van der Waals surface area contributed by atoms with E-state index in [-0.39, 0.29) is 53.8 Å². The Balaban J connectivity index is 1.17. The van der Waals surface area contributed by atoms with Crippen molar-refractivity contribution in [3.8, 4) is 0 Å². The molecule has 3 aromatic carbocycles. The van der Waals surface area contributed by atoms with Gasteiger partial charge in [0.1, 0.15) is 5.69 Å². The molecule has 0 radical (unpaired) electrons. The number of anilines is 1. The Labute approximate surface area is 306 Å². The minimum absolute atomic E-state index is 0.0332. The van der Waals surface area contributed by atoms with Crippen LogP contribution in [0.3, 0.4) is 0 Å². The molecule has 0 bridgehead atoms. The van der Waals surface area contributed by atoms with Gasteiger partial charge in [-0.05, 0) is 87.8 Å². The molecule has 1 aliphatic carbocycles. The molecule has 3 fully saturated rings. The molecule has 0 unspecified atom stereocenters. The van der Waals surface area contributed by atoms with E-state index in [2.05, 4.69) is 32.4 Å². The molecule has 2 saturated heterocycles. The van der Waals surface area contributed by atoms with E-state index < -0.39 is 6.29 Å². The molecule has 7 rings (SSSR count). The second-order valence-corrected chi connectivity index (χ2v) is 15.8. The number of likely N-dealkylation sites (tertiary alicyclic amines) is 1. The third-order valence-corrected chi connectivity index (χ3v) is 10.9. The minimum atomic E-state index is -0.727. The van der Waals surface area contributed by atoms with Gasteiger partial charge >= 0.3 is 0 Å². The van der Waals surface area contributed by atoms with E-state index >= 15 is 0 Å². The largest absolute Gasteiger partial charge is 0.392 e. The van der Waals surface area contributed by atoms with Gasteiger partial charge in [-0.1, -0.05) is 68.3 Å². The van der Waals surface area contributed by atoms with Crippen LogP contribution in [0.25, 0.3) is 11.0 Å². The molecular formula is C42H51N5O5. The highest BCUT2D eigenvalue weighted by Gasteiger charge is 2.46. The summed E-state index contributed by atoms with van der Waals surface area (Å²) in [6, 6.07) is 23.0. The minimum Gasteiger partial charge on any atom is -0.392 e. The molecule has 274 valence electrons. The van der Waals surface area contributed by atoms with Crippen molar-refractivity contribution in [1.29, 1.82) is 0 Å². The molecule has 7 atom stereocenters. The highest BCUT2D eigenvalue weighted by atomic mass is 16.7. The number of amides is 2. The van der Waals surface area contributed by atoms with E-state index in [0.29, 0.717) is 29.7 Å². The molecule has 1 aromatic heterocycles. The van der Waals surface area contributed by atoms with Crippen LogP contribution in [0.15, 0.2) is 79.0 Å². The number of aliphatic hydroxyl groups is 1. The van der Waals surface area contributed by atoms with Crippen molar-refractivity contribution in [3.05, 3.63) is 101 Å². The fourth-order valence-electron chi connectivity index (χ4n) is 8.29. The number of carbonyl (C=O) groups is 2. The summed E-state index contributed by atoms with van der Waals surface area (Å²) in [5, 5.41) is 16.0. The molecule has 3 N–H and O–H groups in total. The van der Waals surface area contributed by atoms with Gasteiger partial charge in [-0.15, -0.1) is 0 Å². The van der Waals surface area contributed by atoms with E-state index in [9.17, 15) is 14.7 Å². The summed E-state index contributed by atoms with van der Waals surface area (Å²) >= 11 is 0. The lowest BCUT2D eigenvalue weighted by atomic mass is 9.75. The Morgan fingerprint density at radius 1 is 0.904 bits per heavy atom. The molecule has 1 saturated carbocycles. The molecule has 0 spiro atoms. The monoisotopic (exact) mass is 705 g/mol. The van der Waals surface area contributed by atoms with Crippen LogP contribution in [0.1, 0.15) is 106 Å². The number of para-hydroxylation sites is 2. The van der Waals surface area contributed by atoms with Gasteiger partial charge in [-0.25, -0.2) is 4.98 Å². The highest BCUT2D eigenvalue weighted by molar-refractivity contribution is 6.03. The summed E-state index contributed by atoms with van der Waals surface area (Å²) in [6.07, 6.45) is 6.79. The standard InChI is InChI=1S/C42H51N5O5/c1-26-37(24-47-35-15-8-5-10-28(35)20-21-36(47)40(50)46-42(2,3)4)51-41(52-38(26)29-18-16-27(25-48)17-19-29)30-11-9-12-31(22-30)44-39(49)34-23-43-32-13-6-7-14-33(32)45-34/h6-7,9,11-14,16-19,22-23,26,28,35-38,41,48H,5,8,10,15,20-21,24-25H2,1-4H3,(H,44,49)(H,46,50)/t26-,28+,35+,36+,37+,38+,41+/m0/s1. The van der Waals surface area contributed by atoms with Gasteiger partial charge in [0.15, 0.2) is 6.29 Å². The van der Waals surface area contributed by atoms with Gasteiger partial charge < -0.3 is 25.2 Å². The van der Waals surface area contributed by atoms with Crippen molar-refractivity contribution in [1.82, 2.24) is 20.2 Å². The number of fused-ring (bicyclic) bond motifs is 2. The van der Waals surface area contributed by atoms with Crippen molar-refractivity contribution in [2.45, 2.75) is 109 Å². The number of hydrogen-bond donors (Lipinski definition) is 3. The Morgan fingerprint density at radius 2 is 1.67 bits per heavy atom. The van der Waals surface area contributed by atoms with Crippen LogP contribution in [-0.2, 0) is 20.9 Å². The quantitative estimate of drug-likeness (QED) is 0.177. The number of rotatable bonds is 8. The molecule has 3 heterocycles. The van der Waals surface area contributed by atoms with Crippen LogP contribution in [0.5, 0.6) is 0 Å². The number of nitrogens with one attached hydrogen (secondary N) is 2. The molecular weight excluding hydrogens is 654 g/mol. The van der Waals surface area contributed by atoms with Crippen molar-refractivity contribution in [2.24, 2.45) is 11.8 Å². The lowest BCUT2D eigenvalue weighted by Gasteiger charge is -2.51. The maximum absolute atomic E-state index is 13.9. The smallest absolute Gasteiger partial charge is 0.275 e. The molecule has 10 heteroatoms. The first kappa shape index (κ1) is 36.2. The first-order valence-corrected chi connectivity index (χ1v) is 18.8. The Bertz CT molecular complexity index is 1880. The second kappa shape index (κ2) is 15.4. The number of piperidine rings is 1. The Hall–Kier alpha value is -4.22. The fraction of sp³-hybridized carbons (Fsp3) is 0.476. The van der Waals surface area contributed by atoms with Gasteiger partial charge in [-0.2, -0.15) is 0 Å². The maximum atomic E-state index is 13.9. The topological polar surface area (TPSA) is 126 Å². The molecule has 52 heavy (non-hydrogen) atoms. The molecule has 3 aliphatic rings. The zero-order chi connectivity index (χ0) is 36.4. The first-order chi connectivity index (χ1) is 25.1. The molecule has 10 nitrogen and oxygen atoms in total. The molecule has 2 amide bonds. The van der Waals surface area contributed by atoms with E-state index in [1.54, 1.807) is 0 Å². The average molecular weight is 706 g/mol. The summed E-state index contributed by atoms with van der Waals surface area (Å²) in [4.78, 5) is 38.5. The van der Waals surface area contributed by atoms with Gasteiger partial charge in [-0.3, -0.25) is 19.5 Å². The summed E-state index contributed by atoms with van der Waals surface area (Å²) in [7, 11) is 0. The third-order valence-electron chi connectivity index (χ3n) is 10.9. The van der Waals surface area contributed by atoms with Crippen LogP contribution < -0.4 is 10.6 Å². The van der Waals surface area contributed by atoms with Gasteiger partial charge in [0, 0.05) is 35.3 Å². The van der Waals surface area contributed by atoms with Crippen molar-refractivity contribution < 1.29 is 24.2 Å². The van der Waals surface area contributed by atoms with Crippen molar-refractivity contribution in [3.63, 3.8) is 0 Å². The Kier molecular flexibility index (Phi) is 10.7. The number of aliphatic hydroxyl groups excluding tert-OH is 1. The summed E-state index contributed by atoms with van der Waals surface area (Å²) in [6.45, 7) is 8.84. The number of nitrogens with zero attached hydrogens (tertiary/aromatic N) is 3. The molecule has 2 aliphatic heterocycles. The fourth-order valence-corrected chi connectivity index (χ4v) is 8.29. The number of ether oxygens (including phenoxy) is 2. The van der Waals surface area contributed by atoms with Crippen LogP contribution in [0.2, 0.25) is 0 Å². The van der Waals surface area contributed by atoms with Crippen molar-refractivity contribution >= 4 is 28.5 Å². The first-order valence-electron chi connectivity index (χ1n) is 18.8. The number of carbonyl (C=O) groups excluding carboxylic acids is 2. The summed E-state index contributed by atoms with van der Waals surface area (Å²) in [5.74, 6) is 0.262. The second-order valence-electron chi connectivity index (χ2n) is 15.8. The van der Waals surface area contributed by atoms with E-state index in [4.69, 9.17) is 9.47 Å². The summed E-state index contributed by atoms with van der Waals surface area (Å²) < 4.78 is 13.7. The van der Waals surface area contributed by atoms with E-state index in [0.717, 1.165) is 41.5 Å². The predicted molar refractivity (Wildman–Crippen MR) is 200 cm³/mol. The lowest BCUT2D eigenvalue weighted by Crippen LogP contribution is -2.61. The van der Waals surface area contributed by atoms with E-state index in [1.807, 2.05) is 93.6 Å². The normalized spacial score (nSPS) is 26.8. The SMILES string of the molecule is C[C@H]1[C@@H](CN2[C@@H](C(=O)NC(C)(C)C)CC[C@H]3CCCC[C@H]32)O[C@@H](c2cccc(NC(=O)c3cnc4ccccc4n3)c2)O[C@H]1c1ccc(CO)cc1. The van der Waals surface area contributed by atoms with Gasteiger partial charge in [0.2, 0.25) is 5.91 Å². The van der Waals surface area contributed by atoms with Crippen LogP contribution >= 0.6 is 0 Å². The zero-order valence-electron chi connectivity index (χ0n) is 30.6. The highest BCUT2D eigenvalue weighted by Crippen LogP contribution is 2.44. The maximum Gasteiger partial charge on any atom is 0.275 e. The van der Waals surface area contributed by atoms with Crippen LogP contribution in [-0.4, -0.2) is 62.1 Å².